The lowest BCUT2D eigenvalue weighted by Gasteiger charge is -2.41. The number of hydrogen-bond acceptors (Lipinski definition) is 6. The molecule has 2 fully saturated rings. The highest BCUT2D eigenvalue weighted by Crippen LogP contribution is 2.35. The average molecular weight is 437 g/mol. The number of aromatic nitrogens is 4. The van der Waals surface area contributed by atoms with Gasteiger partial charge in [0, 0.05) is 55.8 Å². The van der Waals surface area contributed by atoms with Crippen molar-refractivity contribution in [1.82, 2.24) is 19.9 Å². The van der Waals surface area contributed by atoms with Gasteiger partial charge in [-0.25, -0.2) is 19.3 Å². The largest absolute Gasteiger partial charge is 0.355 e. The second-order valence-electron chi connectivity index (χ2n) is 7.97. The predicted octanol–water partition coefficient (Wildman–Crippen LogP) is 4.06. The van der Waals surface area contributed by atoms with E-state index in [0.717, 1.165) is 37.4 Å². The molecular weight excluding hydrogens is 415 g/mol. The Labute approximate surface area is 185 Å². The molecule has 1 aromatic carbocycles. The van der Waals surface area contributed by atoms with Gasteiger partial charge >= 0.3 is 0 Å². The predicted molar refractivity (Wildman–Crippen MR) is 120 cm³/mol. The molecule has 0 radical (unpaired) electrons. The van der Waals surface area contributed by atoms with E-state index in [4.69, 9.17) is 11.6 Å². The molecule has 31 heavy (non-hydrogen) atoms. The Kier molecular flexibility index (Phi) is 5.33. The molecule has 4 heterocycles. The summed E-state index contributed by atoms with van der Waals surface area (Å²) in [5.41, 5.74) is 1.25. The molecule has 158 valence electrons. The highest BCUT2D eigenvalue weighted by molar-refractivity contribution is 6.34. The molecule has 2 aliphatic heterocycles. The van der Waals surface area contributed by atoms with Gasteiger partial charge in [-0.05, 0) is 31.9 Å². The molecule has 2 aliphatic rings. The molecule has 0 saturated carbocycles. The Bertz CT molecular complexity index is 1180. The van der Waals surface area contributed by atoms with Crippen LogP contribution in [-0.2, 0) is 0 Å². The fraction of sp³-hybridized carbons (Fsp3) is 0.391. The topological polar surface area (TPSA) is 58.0 Å². The van der Waals surface area contributed by atoms with Crippen molar-refractivity contribution in [1.29, 1.82) is 0 Å². The van der Waals surface area contributed by atoms with Crippen LogP contribution < -0.4 is 9.80 Å². The first-order valence-corrected chi connectivity index (χ1v) is 10.9. The van der Waals surface area contributed by atoms with Crippen LogP contribution in [0.25, 0.3) is 10.9 Å². The number of hydrogen-bond donors (Lipinski definition) is 0. The first kappa shape index (κ1) is 20.0. The molecule has 0 bridgehead atoms. The molecule has 0 aliphatic carbocycles. The molecule has 5 rings (SSSR count). The van der Waals surface area contributed by atoms with Crippen LogP contribution in [0.5, 0.6) is 0 Å². The van der Waals surface area contributed by atoms with Crippen molar-refractivity contribution in [2.24, 2.45) is 5.92 Å². The number of anilines is 2. The van der Waals surface area contributed by atoms with Gasteiger partial charge in [-0.3, -0.25) is 4.98 Å². The summed E-state index contributed by atoms with van der Waals surface area (Å²) >= 11 is 6.29. The standard InChI is InChI=1S/C23H22ClFN6/c1-2-4-15-7-11-30(12-8-15)22-19(26-9-10-27-22)16-13-31(14-16)23-28-20-17(21(24)29-23)5-3-6-18(20)25/h3,5-6,9-10,15-16H,7-8,11-14H2,1H3. The molecule has 8 heteroatoms. The minimum atomic E-state index is -0.396. The summed E-state index contributed by atoms with van der Waals surface area (Å²) in [6, 6.07) is 4.72. The van der Waals surface area contributed by atoms with E-state index >= 15 is 0 Å². The number of benzene rings is 1. The molecule has 0 N–H and O–H groups in total. The van der Waals surface area contributed by atoms with Gasteiger partial charge in [0.25, 0.3) is 0 Å². The van der Waals surface area contributed by atoms with E-state index in [1.165, 1.54) is 6.07 Å². The van der Waals surface area contributed by atoms with Crippen LogP contribution in [0.15, 0.2) is 30.6 Å². The van der Waals surface area contributed by atoms with Gasteiger partial charge in [-0.2, -0.15) is 0 Å². The van der Waals surface area contributed by atoms with Gasteiger partial charge in [-0.15, -0.1) is 11.8 Å². The van der Waals surface area contributed by atoms with Gasteiger partial charge in [0.2, 0.25) is 5.95 Å². The first-order valence-electron chi connectivity index (χ1n) is 10.5. The summed E-state index contributed by atoms with van der Waals surface area (Å²) in [4.78, 5) is 22.4. The number of piperidine rings is 1. The van der Waals surface area contributed by atoms with Crippen molar-refractivity contribution < 1.29 is 4.39 Å². The molecule has 0 unspecified atom stereocenters. The average Bonchev–Trinajstić information content (AvgIpc) is 2.75. The van der Waals surface area contributed by atoms with Crippen LogP contribution in [0.4, 0.5) is 16.2 Å². The SMILES string of the molecule is CC#CC1CCN(c2nccnc2C2CN(c3nc(Cl)c4cccc(F)c4n3)C2)CC1. The number of rotatable bonds is 3. The van der Waals surface area contributed by atoms with Crippen LogP contribution in [0, 0.1) is 23.6 Å². The third-order valence-corrected chi connectivity index (χ3v) is 6.31. The molecule has 2 saturated heterocycles. The monoisotopic (exact) mass is 436 g/mol. The number of para-hydroxylation sites is 1. The molecule has 6 nitrogen and oxygen atoms in total. The van der Waals surface area contributed by atoms with Gasteiger partial charge in [-0.1, -0.05) is 17.7 Å². The first-order chi connectivity index (χ1) is 15.1. The Balaban J connectivity index is 1.33. The van der Waals surface area contributed by atoms with Crippen LogP contribution in [0.2, 0.25) is 5.15 Å². The van der Waals surface area contributed by atoms with Crippen molar-refractivity contribution in [3.63, 3.8) is 0 Å². The van der Waals surface area contributed by atoms with E-state index in [9.17, 15) is 4.39 Å². The van der Waals surface area contributed by atoms with Crippen molar-refractivity contribution in [2.45, 2.75) is 25.7 Å². The molecular formula is C23H22ClFN6. The number of fused-ring (bicyclic) bond motifs is 1. The molecule has 0 amide bonds. The summed E-state index contributed by atoms with van der Waals surface area (Å²) in [6.45, 7) is 5.16. The zero-order chi connectivity index (χ0) is 21.4. The smallest absolute Gasteiger partial charge is 0.227 e. The van der Waals surface area contributed by atoms with Crippen molar-refractivity contribution in [3.05, 3.63) is 47.3 Å². The summed E-state index contributed by atoms with van der Waals surface area (Å²) < 4.78 is 14.2. The summed E-state index contributed by atoms with van der Waals surface area (Å²) in [6.07, 6.45) is 5.59. The minimum Gasteiger partial charge on any atom is -0.355 e. The van der Waals surface area contributed by atoms with E-state index in [-0.39, 0.29) is 16.6 Å². The highest BCUT2D eigenvalue weighted by Gasteiger charge is 2.35. The van der Waals surface area contributed by atoms with Crippen LogP contribution in [-0.4, -0.2) is 46.1 Å². The second-order valence-corrected chi connectivity index (χ2v) is 8.33. The van der Waals surface area contributed by atoms with E-state index in [1.807, 2.05) is 11.8 Å². The Morgan fingerprint density at radius 3 is 2.61 bits per heavy atom. The van der Waals surface area contributed by atoms with Crippen LogP contribution in [0.3, 0.4) is 0 Å². The summed E-state index contributed by atoms with van der Waals surface area (Å²) in [5.74, 6) is 8.02. The third-order valence-electron chi connectivity index (χ3n) is 6.02. The van der Waals surface area contributed by atoms with E-state index in [0.29, 0.717) is 30.3 Å². The van der Waals surface area contributed by atoms with E-state index in [2.05, 4.69) is 36.7 Å². The molecule has 2 aromatic heterocycles. The summed E-state index contributed by atoms with van der Waals surface area (Å²) in [7, 11) is 0. The molecule has 0 atom stereocenters. The Hall–Kier alpha value is -2.98. The highest BCUT2D eigenvalue weighted by atomic mass is 35.5. The zero-order valence-corrected chi connectivity index (χ0v) is 18.0. The van der Waals surface area contributed by atoms with Gasteiger partial charge in [0.05, 0.1) is 5.69 Å². The zero-order valence-electron chi connectivity index (χ0n) is 17.2. The summed E-state index contributed by atoms with van der Waals surface area (Å²) in [5, 5.41) is 0.788. The minimum absolute atomic E-state index is 0.218. The van der Waals surface area contributed by atoms with Crippen molar-refractivity contribution in [3.8, 4) is 11.8 Å². The van der Waals surface area contributed by atoms with Crippen molar-refractivity contribution >= 4 is 34.3 Å². The number of nitrogens with zero attached hydrogens (tertiary/aromatic N) is 6. The Morgan fingerprint density at radius 1 is 1.06 bits per heavy atom. The van der Waals surface area contributed by atoms with Crippen molar-refractivity contribution in [2.75, 3.05) is 36.0 Å². The molecule has 0 spiro atoms. The van der Waals surface area contributed by atoms with Gasteiger partial charge < -0.3 is 9.80 Å². The fourth-order valence-electron chi connectivity index (χ4n) is 4.34. The van der Waals surface area contributed by atoms with Gasteiger partial charge in [0.15, 0.2) is 5.82 Å². The lowest BCUT2D eigenvalue weighted by atomic mass is 9.94. The maximum atomic E-state index is 14.2. The third kappa shape index (κ3) is 3.77. The second kappa shape index (κ2) is 8.27. The maximum absolute atomic E-state index is 14.2. The van der Waals surface area contributed by atoms with E-state index in [1.54, 1.807) is 24.5 Å². The quantitative estimate of drug-likeness (QED) is 0.456. The normalized spacial score (nSPS) is 17.4. The fourth-order valence-corrected chi connectivity index (χ4v) is 4.57. The van der Waals surface area contributed by atoms with Crippen LogP contribution in [0.1, 0.15) is 31.4 Å². The Morgan fingerprint density at radius 2 is 1.84 bits per heavy atom. The maximum Gasteiger partial charge on any atom is 0.227 e. The van der Waals surface area contributed by atoms with Crippen LogP contribution >= 0.6 is 11.6 Å². The lowest BCUT2D eigenvalue weighted by Crippen LogP contribution is -2.47. The molecule has 3 aromatic rings. The van der Waals surface area contributed by atoms with E-state index < -0.39 is 5.82 Å². The number of halogens is 2. The van der Waals surface area contributed by atoms with Gasteiger partial charge in [0.1, 0.15) is 16.5 Å². The lowest BCUT2D eigenvalue weighted by molar-refractivity contribution is 0.474.